The Kier molecular flexibility index (Phi) is 3.19. The molecule has 1 aliphatic rings. The van der Waals surface area contributed by atoms with E-state index in [0.29, 0.717) is 12.8 Å². The van der Waals surface area contributed by atoms with Crippen molar-refractivity contribution in [3.63, 3.8) is 0 Å². The summed E-state index contributed by atoms with van der Waals surface area (Å²) in [4.78, 5) is 22.4. The van der Waals surface area contributed by atoms with Crippen LogP contribution in [0, 0.1) is 11.3 Å². The second-order valence-electron chi connectivity index (χ2n) is 4.23. The van der Waals surface area contributed by atoms with Crippen LogP contribution in [-0.2, 0) is 9.59 Å². The summed E-state index contributed by atoms with van der Waals surface area (Å²) < 4.78 is 0. The van der Waals surface area contributed by atoms with Crippen molar-refractivity contribution >= 4 is 11.6 Å². The van der Waals surface area contributed by atoms with Gasteiger partial charge in [0.2, 0.25) is 0 Å². The zero-order valence-electron chi connectivity index (χ0n) is 7.31. The Hall–Kier alpha value is -0.660. The van der Waals surface area contributed by atoms with Crippen LogP contribution in [0.1, 0.15) is 41.0 Å². The maximum Gasteiger partial charge on any atom is 0.144 e. The molecule has 0 aromatic heterocycles. The summed E-state index contributed by atoms with van der Waals surface area (Å²) in [5.74, 6) is -0.0764. The van der Waals surface area contributed by atoms with E-state index in [0.717, 1.165) is 0 Å². The van der Waals surface area contributed by atoms with Crippen molar-refractivity contribution in [2.45, 2.75) is 41.0 Å². The van der Waals surface area contributed by atoms with Gasteiger partial charge in [0.05, 0.1) is 5.92 Å². The first-order valence-electron chi connectivity index (χ1n) is 3.98. The third-order valence-corrected chi connectivity index (χ3v) is 2.13. The van der Waals surface area contributed by atoms with Gasteiger partial charge in [-0.2, -0.15) is 0 Å². The molecule has 1 rings (SSSR count). The molecule has 0 N–H and O–H groups in total. The van der Waals surface area contributed by atoms with Crippen molar-refractivity contribution < 1.29 is 9.59 Å². The van der Waals surface area contributed by atoms with Gasteiger partial charge in [-0.1, -0.05) is 28.2 Å². The highest BCUT2D eigenvalue weighted by Crippen LogP contribution is 2.33. The van der Waals surface area contributed by atoms with Gasteiger partial charge in [0.25, 0.3) is 0 Å². The summed E-state index contributed by atoms with van der Waals surface area (Å²) in [7, 11) is 0. The molecule has 1 aliphatic carbocycles. The lowest BCUT2D eigenvalue weighted by Crippen LogP contribution is -2.29. The van der Waals surface area contributed by atoms with Gasteiger partial charge in [0, 0.05) is 12.8 Å². The van der Waals surface area contributed by atoms with Crippen molar-refractivity contribution in [1.29, 1.82) is 0 Å². The molecule has 2 nitrogen and oxygen atoms in total. The largest absolute Gasteiger partial charge is 0.299 e. The Balaban J connectivity index is 0.00000121. The number of hydrogen-bond donors (Lipinski definition) is 0. The van der Waals surface area contributed by atoms with E-state index < -0.39 is 0 Å². The third-order valence-electron chi connectivity index (χ3n) is 2.13. The number of hydrogen-bond acceptors (Lipinski definition) is 2. The number of carbonyl (C=O) groups excluding carboxylic acids is 2. The fraction of sp³-hybridized carbons (Fsp3) is 0.800. The molecule has 2 heteroatoms. The summed E-state index contributed by atoms with van der Waals surface area (Å²) >= 11 is 0. The van der Waals surface area contributed by atoms with Gasteiger partial charge < -0.3 is 0 Å². The third kappa shape index (κ3) is 1.93. The minimum atomic E-state index is -0.331. The first-order valence-corrected chi connectivity index (χ1v) is 3.98. The summed E-state index contributed by atoms with van der Waals surface area (Å²) in [6.07, 6.45) is 0.918. The molecule has 0 atom stereocenters. The van der Waals surface area contributed by atoms with E-state index in [1.807, 2.05) is 20.8 Å². The van der Waals surface area contributed by atoms with Gasteiger partial charge >= 0.3 is 0 Å². The number of Topliss-reactive ketones (excluding diaryl/α,β-unsaturated/α-hetero) is 2. The van der Waals surface area contributed by atoms with Crippen molar-refractivity contribution in [1.82, 2.24) is 0 Å². The van der Waals surface area contributed by atoms with Crippen LogP contribution in [0.4, 0.5) is 0 Å². The second kappa shape index (κ2) is 3.38. The van der Waals surface area contributed by atoms with Crippen LogP contribution >= 0.6 is 0 Å². The zero-order valence-corrected chi connectivity index (χ0v) is 7.31. The molecule has 12 heavy (non-hydrogen) atoms. The Morgan fingerprint density at radius 3 is 1.58 bits per heavy atom. The Labute approximate surface area is 74.3 Å². The summed E-state index contributed by atoms with van der Waals surface area (Å²) in [5, 5.41) is 0. The average Bonchev–Trinajstić information content (AvgIpc) is 2.08. The van der Waals surface area contributed by atoms with Gasteiger partial charge in [-0.3, -0.25) is 9.59 Å². The van der Waals surface area contributed by atoms with Crippen molar-refractivity contribution in [3.05, 3.63) is 0 Å². The van der Waals surface area contributed by atoms with Crippen LogP contribution in [0.15, 0.2) is 0 Å². The Morgan fingerprint density at radius 2 is 1.42 bits per heavy atom. The smallest absolute Gasteiger partial charge is 0.144 e. The monoisotopic (exact) mass is 170 g/mol. The van der Waals surface area contributed by atoms with Crippen LogP contribution in [0.3, 0.4) is 0 Å². The van der Waals surface area contributed by atoms with E-state index in [1.54, 1.807) is 0 Å². The number of ketones is 2. The maximum atomic E-state index is 11.2. The lowest BCUT2D eigenvalue weighted by molar-refractivity contribution is -0.131. The summed E-state index contributed by atoms with van der Waals surface area (Å²) in [5.41, 5.74) is -0.176. The lowest BCUT2D eigenvalue weighted by Gasteiger charge is -2.23. The van der Waals surface area contributed by atoms with Crippen molar-refractivity contribution in [3.8, 4) is 0 Å². The minimum Gasteiger partial charge on any atom is -0.299 e. The number of carbonyl (C=O) groups is 2. The van der Waals surface area contributed by atoms with Gasteiger partial charge in [-0.25, -0.2) is 0 Å². The van der Waals surface area contributed by atoms with E-state index in [9.17, 15) is 9.59 Å². The molecule has 70 valence electrons. The fourth-order valence-corrected chi connectivity index (χ4v) is 1.68. The van der Waals surface area contributed by atoms with Gasteiger partial charge in [-0.15, -0.1) is 0 Å². The zero-order chi connectivity index (χ0) is 8.65. The first kappa shape index (κ1) is 11.3. The Bertz CT molecular complexity index is 182. The fourth-order valence-electron chi connectivity index (χ4n) is 1.68. The van der Waals surface area contributed by atoms with Gasteiger partial charge in [0.1, 0.15) is 11.6 Å². The van der Waals surface area contributed by atoms with E-state index in [2.05, 4.69) is 0 Å². The molecule has 1 saturated carbocycles. The topological polar surface area (TPSA) is 34.1 Å². The van der Waals surface area contributed by atoms with Crippen LogP contribution in [0.5, 0.6) is 0 Å². The highest BCUT2D eigenvalue weighted by Gasteiger charge is 2.40. The van der Waals surface area contributed by atoms with E-state index >= 15 is 0 Å². The summed E-state index contributed by atoms with van der Waals surface area (Å²) in [6.45, 7) is 5.83. The lowest BCUT2D eigenvalue weighted by atomic mass is 9.79. The molecule has 0 heterocycles. The molecular formula is C10H18O2. The summed E-state index contributed by atoms with van der Waals surface area (Å²) in [6, 6.07) is 0. The molecule has 0 bridgehead atoms. The molecule has 0 aliphatic heterocycles. The van der Waals surface area contributed by atoms with Crippen LogP contribution in [0.2, 0.25) is 0 Å². The highest BCUT2D eigenvalue weighted by molar-refractivity contribution is 6.09. The normalized spacial score (nSPS) is 19.6. The molecule has 0 spiro atoms. The van der Waals surface area contributed by atoms with E-state index in [1.165, 1.54) is 0 Å². The molecule has 0 aromatic carbocycles. The van der Waals surface area contributed by atoms with Crippen molar-refractivity contribution in [2.24, 2.45) is 11.3 Å². The quantitative estimate of drug-likeness (QED) is 0.522. The molecular weight excluding hydrogens is 152 g/mol. The second-order valence-corrected chi connectivity index (χ2v) is 4.23. The molecule has 0 radical (unpaired) electrons. The minimum absolute atomic E-state index is 0. The molecule has 1 fully saturated rings. The number of rotatable bonds is 0. The average molecular weight is 170 g/mol. The first-order chi connectivity index (χ1) is 4.93. The van der Waals surface area contributed by atoms with Gasteiger partial charge in [-0.05, 0) is 5.41 Å². The van der Waals surface area contributed by atoms with E-state index in [4.69, 9.17) is 0 Å². The molecule has 0 saturated heterocycles. The highest BCUT2D eigenvalue weighted by atomic mass is 16.2. The van der Waals surface area contributed by atoms with Crippen LogP contribution < -0.4 is 0 Å². The SMILES string of the molecule is C.CC(C)(C)C1C(=O)CCC1=O. The Morgan fingerprint density at radius 1 is 1.08 bits per heavy atom. The molecule has 0 aromatic rings. The van der Waals surface area contributed by atoms with E-state index in [-0.39, 0.29) is 30.3 Å². The molecule has 0 unspecified atom stereocenters. The van der Waals surface area contributed by atoms with Crippen LogP contribution in [0.25, 0.3) is 0 Å². The van der Waals surface area contributed by atoms with Crippen LogP contribution in [-0.4, -0.2) is 11.6 Å². The maximum absolute atomic E-state index is 11.2. The predicted octanol–water partition coefficient (Wildman–Crippen LogP) is 2.22. The molecule has 0 amide bonds. The van der Waals surface area contributed by atoms with Crippen molar-refractivity contribution in [2.75, 3.05) is 0 Å². The standard InChI is InChI=1S/C9H14O2.CH4/c1-9(2,3)8-6(10)4-5-7(8)11;/h8H,4-5H2,1-3H3;1H4. The predicted molar refractivity (Wildman–Crippen MR) is 48.9 cm³/mol. The van der Waals surface area contributed by atoms with Gasteiger partial charge in [0.15, 0.2) is 0 Å².